The Kier molecular flexibility index (Phi) is 8.67. The Morgan fingerprint density at radius 1 is 0.935 bits per heavy atom. The molecule has 7 heteroatoms. The zero-order valence-electron chi connectivity index (χ0n) is 17.7. The van der Waals surface area contributed by atoms with Gasteiger partial charge in [-0.15, -0.1) is 0 Å². The van der Waals surface area contributed by atoms with Crippen molar-refractivity contribution >= 4 is 15.9 Å². The first-order valence-corrected chi connectivity index (χ1v) is 12.2. The fourth-order valence-corrected chi connectivity index (χ4v) is 4.50. The second-order valence-electron chi connectivity index (χ2n) is 7.60. The summed E-state index contributed by atoms with van der Waals surface area (Å²) in [7, 11) is -3.59. The zero-order valence-corrected chi connectivity index (χ0v) is 18.5. The number of sulfonamides is 1. The van der Waals surface area contributed by atoms with Crippen LogP contribution in [-0.4, -0.2) is 34.0 Å². The highest BCUT2D eigenvalue weighted by atomic mass is 32.2. The van der Waals surface area contributed by atoms with E-state index in [2.05, 4.69) is 16.1 Å². The molecule has 31 heavy (non-hydrogen) atoms. The summed E-state index contributed by atoms with van der Waals surface area (Å²) < 4.78 is 32.9. The number of hydrogen-bond donors (Lipinski definition) is 2. The van der Waals surface area contributed by atoms with Crippen LogP contribution in [0.5, 0.6) is 5.75 Å². The Hall–Kier alpha value is -2.64. The predicted molar refractivity (Wildman–Crippen MR) is 121 cm³/mol. The van der Waals surface area contributed by atoms with Crippen LogP contribution >= 0.6 is 0 Å². The summed E-state index contributed by atoms with van der Waals surface area (Å²) in [5.74, 6) is 0.268. The number of nitrogens with one attached hydrogen (secondary N) is 2. The molecule has 2 aromatic rings. The molecular formula is C24H30N2O4S. The highest BCUT2D eigenvalue weighted by molar-refractivity contribution is 7.89. The number of hydrogen-bond acceptors (Lipinski definition) is 4. The molecule has 0 radical (unpaired) electrons. The first-order valence-electron chi connectivity index (χ1n) is 10.7. The molecular weight excluding hydrogens is 412 g/mol. The lowest BCUT2D eigenvalue weighted by atomic mass is 9.97. The van der Waals surface area contributed by atoms with Gasteiger partial charge in [-0.2, -0.15) is 0 Å². The van der Waals surface area contributed by atoms with E-state index in [1.165, 1.54) is 30.5 Å². The van der Waals surface area contributed by atoms with Gasteiger partial charge in [-0.05, 0) is 68.4 Å². The third-order valence-corrected chi connectivity index (χ3v) is 6.68. The highest BCUT2D eigenvalue weighted by Gasteiger charge is 2.13. The fraction of sp³-hybridized carbons (Fsp3) is 0.375. The molecule has 0 spiro atoms. The van der Waals surface area contributed by atoms with E-state index in [1.54, 1.807) is 12.1 Å². The summed E-state index contributed by atoms with van der Waals surface area (Å²) in [6, 6.07) is 15.8. The SMILES string of the molecule is O=C(COc1ccc(S(=O)(=O)NCCc2ccccc2)cc1)NCCC1=CCCCC1. The molecule has 0 bridgehead atoms. The number of benzene rings is 2. The number of carbonyl (C=O) groups excluding carboxylic acids is 1. The van der Waals surface area contributed by atoms with E-state index < -0.39 is 10.0 Å². The first kappa shape index (κ1) is 23.0. The van der Waals surface area contributed by atoms with E-state index in [4.69, 9.17) is 4.74 Å². The molecule has 0 unspecified atom stereocenters. The normalized spacial score (nSPS) is 14.0. The van der Waals surface area contributed by atoms with Gasteiger partial charge in [-0.3, -0.25) is 4.79 Å². The van der Waals surface area contributed by atoms with E-state index in [1.807, 2.05) is 30.3 Å². The molecule has 0 aliphatic heterocycles. The maximum atomic E-state index is 12.4. The minimum absolute atomic E-state index is 0.0968. The Labute approximate surface area is 184 Å². The quantitative estimate of drug-likeness (QED) is 0.521. The second kappa shape index (κ2) is 11.7. The van der Waals surface area contributed by atoms with Gasteiger partial charge < -0.3 is 10.1 Å². The molecule has 6 nitrogen and oxygen atoms in total. The summed E-state index contributed by atoms with van der Waals surface area (Å²) >= 11 is 0. The van der Waals surface area contributed by atoms with Crippen LogP contribution in [0.1, 0.15) is 37.7 Å². The molecule has 2 N–H and O–H groups in total. The lowest BCUT2D eigenvalue weighted by Crippen LogP contribution is -2.30. The number of carbonyl (C=O) groups is 1. The molecule has 2 aromatic carbocycles. The number of rotatable bonds is 11. The van der Waals surface area contributed by atoms with E-state index in [0.29, 0.717) is 25.3 Å². The summed E-state index contributed by atoms with van der Waals surface area (Å²) in [6.45, 7) is 0.835. The Bertz CT molecular complexity index is 970. The van der Waals surface area contributed by atoms with Gasteiger partial charge in [0.1, 0.15) is 5.75 Å². The summed E-state index contributed by atoms with van der Waals surface area (Å²) in [5, 5.41) is 2.86. The smallest absolute Gasteiger partial charge is 0.257 e. The van der Waals surface area contributed by atoms with Crippen LogP contribution in [0.3, 0.4) is 0 Å². The molecule has 1 aliphatic carbocycles. The Balaban J connectivity index is 1.39. The second-order valence-corrected chi connectivity index (χ2v) is 9.37. The lowest BCUT2D eigenvalue weighted by Gasteiger charge is -2.13. The van der Waals surface area contributed by atoms with Crippen LogP contribution in [-0.2, 0) is 21.2 Å². The van der Waals surface area contributed by atoms with Crippen LogP contribution < -0.4 is 14.8 Å². The number of allylic oxidation sites excluding steroid dienone is 1. The summed E-state index contributed by atoms with van der Waals surface area (Å²) in [5.41, 5.74) is 2.49. The van der Waals surface area contributed by atoms with E-state index in [0.717, 1.165) is 24.8 Å². The third-order valence-electron chi connectivity index (χ3n) is 5.21. The molecule has 3 rings (SSSR count). The predicted octanol–water partition coefficient (Wildman–Crippen LogP) is 3.59. The van der Waals surface area contributed by atoms with Gasteiger partial charge in [0.05, 0.1) is 4.90 Å². The standard InChI is InChI=1S/C24H30N2O4S/c27-24(25-17-15-20-7-3-1-4-8-20)19-30-22-11-13-23(14-12-22)31(28,29)26-18-16-21-9-5-2-6-10-21/h2,5-7,9-14,26H,1,3-4,8,15-19H2,(H,25,27). The van der Waals surface area contributed by atoms with Gasteiger partial charge in [-0.1, -0.05) is 42.0 Å². The molecule has 0 saturated heterocycles. The van der Waals surface area contributed by atoms with E-state index in [-0.39, 0.29) is 17.4 Å². The average molecular weight is 443 g/mol. The van der Waals surface area contributed by atoms with Crippen molar-refractivity contribution in [2.24, 2.45) is 0 Å². The van der Waals surface area contributed by atoms with Crippen LogP contribution in [0.2, 0.25) is 0 Å². The van der Waals surface area contributed by atoms with Crippen LogP contribution in [0.15, 0.2) is 71.1 Å². The van der Waals surface area contributed by atoms with Crippen molar-refractivity contribution in [2.75, 3.05) is 19.7 Å². The molecule has 0 saturated carbocycles. The molecule has 0 fully saturated rings. The van der Waals surface area contributed by atoms with E-state index in [9.17, 15) is 13.2 Å². The molecule has 0 aromatic heterocycles. The average Bonchev–Trinajstić information content (AvgIpc) is 2.79. The van der Waals surface area contributed by atoms with Gasteiger partial charge in [0.2, 0.25) is 10.0 Å². The monoisotopic (exact) mass is 442 g/mol. The molecule has 1 aliphatic rings. The number of ether oxygens (including phenoxy) is 1. The molecule has 1 amide bonds. The van der Waals surface area contributed by atoms with Crippen LogP contribution in [0, 0.1) is 0 Å². The van der Waals surface area contributed by atoms with Gasteiger partial charge >= 0.3 is 0 Å². The lowest BCUT2D eigenvalue weighted by molar-refractivity contribution is -0.123. The van der Waals surface area contributed by atoms with Gasteiger partial charge in [0.25, 0.3) is 5.91 Å². The van der Waals surface area contributed by atoms with Gasteiger partial charge in [0, 0.05) is 13.1 Å². The third kappa shape index (κ3) is 7.84. The van der Waals surface area contributed by atoms with Gasteiger partial charge in [-0.25, -0.2) is 13.1 Å². The van der Waals surface area contributed by atoms with Crippen molar-refractivity contribution in [1.82, 2.24) is 10.0 Å². The van der Waals surface area contributed by atoms with Crippen molar-refractivity contribution in [2.45, 2.75) is 43.4 Å². The van der Waals surface area contributed by atoms with Gasteiger partial charge in [0.15, 0.2) is 6.61 Å². The Morgan fingerprint density at radius 2 is 1.71 bits per heavy atom. The maximum Gasteiger partial charge on any atom is 0.257 e. The zero-order chi connectivity index (χ0) is 21.9. The molecule has 0 atom stereocenters. The van der Waals surface area contributed by atoms with Crippen molar-refractivity contribution < 1.29 is 17.9 Å². The Morgan fingerprint density at radius 3 is 2.42 bits per heavy atom. The largest absolute Gasteiger partial charge is 0.484 e. The summed E-state index contributed by atoms with van der Waals surface area (Å²) in [6.07, 6.45) is 8.54. The van der Waals surface area contributed by atoms with E-state index >= 15 is 0 Å². The highest BCUT2D eigenvalue weighted by Crippen LogP contribution is 2.19. The minimum Gasteiger partial charge on any atom is -0.484 e. The molecule has 166 valence electrons. The van der Waals surface area contributed by atoms with Crippen molar-refractivity contribution in [3.8, 4) is 5.75 Å². The molecule has 0 heterocycles. The summed E-state index contributed by atoms with van der Waals surface area (Å²) in [4.78, 5) is 12.1. The van der Waals surface area contributed by atoms with Crippen LogP contribution in [0.25, 0.3) is 0 Å². The van der Waals surface area contributed by atoms with Crippen LogP contribution in [0.4, 0.5) is 0 Å². The fourth-order valence-electron chi connectivity index (χ4n) is 3.47. The number of amides is 1. The van der Waals surface area contributed by atoms with Crippen molar-refractivity contribution in [3.63, 3.8) is 0 Å². The first-order chi connectivity index (χ1) is 15.0. The topological polar surface area (TPSA) is 84.5 Å². The minimum atomic E-state index is -3.59. The maximum absolute atomic E-state index is 12.4. The van der Waals surface area contributed by atoms with Crippen molar-refractivity contribution in [3.05, 3.63) is 71.8 Å². The van der Waals surface area contributed by atoms with Crippen molar-refractivity contribution in [1.29, 1.82) is 0 Å².